The second kappa shape index (κ2) is 8.37. The van der Waals surface area contributed by atoms with E-state index in [9.17, 15) is 4.79 Å². The zero-order valence-electron chi connectivity index (χ0n) is 15.9. The Bertz CT molecular complexity index is 669. The minimum absolute atomic E-state index is 0.187. The van der Waals surface area contributed by atoms with Gasteiger partial charge in [0.2, 0.25) is 0 Å². The average Bonchev–Trinajstić information content (AvgIpc) is 2.84. The lowest BCUT2D eigenvalue weighted by atomic mass is 9.98. The maximum absolute atomic E-state index is 12.5. The van der Waals surface area contributed by atoms with E-state index in [-0.39, 0.29) is 28.5 Å². The Morgan fingerprint density at radius 1 is 1.26 bits per heavy atom. The summed E-state index contributed by atoms with van der Waals surface area (Å²) in [4.78, 5) is 14.4. The fourth-order valence-electron chi connectivity index (χ4n) is 3.82. The molecule has 27 heavy (non-hydrogen) atoms. The molecule has 1 N–H and O–H groups in total. The molecule has 2 bridgehead atoms. The molecule has 1 aromatic heterocycles. The summed E-state index contributed by atoms with van der Waals surface area (Å²) in [6, 6.07) is 2.40. The molecule has 3 rings (SSSR count). The molecular formula is C18H26Cl2N4O3. The zero-order valence-corrected chi connectivity index (χ0v) is 17.4. The molecule has 1 amide bonds. The number of hydrogen-bond acceptors (Lipinski definition) is 6. The first kappa shape index (κ1) is 20.4. The number of nitrogens with one attached hydrogen (secondary N) is 1. The van der Waals surface area contributed by atoms with E-state index in [0.29, 0.717) is 24.9 Å². The monoisotopic (exact) mass is 416 g/mol. The Morgan fingerprint density at radius 2 is 1.93 bits per heavy atom. The molecule has 1 aromatic rings. The van der Waals surface area contributed by atoms with Crippen LogP contribution < -0.4 is 10.1 Å². The topological polar surface area (TPSA) is 76.6 Å². The fourth-order valence-corrected chi connectivity index (χ4v) is 4.10. The molecule has 0 spiro atoms. The van der Waals surface area contributed by atoms with Gasteiger partial charge in [0.1, 0.15) is 12.2 Å². The normalized spacial score (nSPS) is 24.8. The molecule has 0 aromatic carbocycles. The summed E-state index contributed by atoms with van der Waals surface area (Å²) in [5, 5.41) is 11.3. The van der Waals surface area contributed by atoms with Crippen molar-refractivity contribution >= 4 is 29.3 Å². The van der Waals surface area contributed by atoms with Crippen LogP contribution in [-0.4, -0.2) is 58.1 Å². The average molecular weight is 417 g/mol. The van der Waals surface area contributed by atoms with Gasteiger partial charge in [-0.1, -0.05) is 23.2 Å². The second-order valence-electron chi connectivity index (χ2n) is 8.07. The minimum Gasteiger partial charge on any atom is -0.489 e. The van der Waals surface area contributed by atoms with Crippen molar-refractivity contribution in [3.8, 4) is 5.75 Å². The van der Waals surface area contributed by atoms with Crippen LogP contribution in [0.5, 0.6) is 5.75 Å². The Balaban J connectivity index is 1.45. The molecule has 7 nitrogen and oxygen atoms in total. The first-order valence-corrected chi connectivity index (χ1v) is 10.0. The van der Waals surface area contributed by atoms with Gasteiger partial charge >= 0.3 is 6.09 Å². The van der Waals surface area contributed by atoms with Gasteiger partial charge in [-0.3, -0.25) is 0 Å². The Labute approximate surface area is 169 Å². The van der Waals surface area contributed by atoms with Crippen LogP contribution in [0.1, 0.15) is 46.5 Å². The Kier molecular flexibility index (Phi) is 6.33. The summed E-state index contributed by atoms with van der Waals surface area (Å²) >= 11 is 11.7. The van der Waals surface area contributed by atoms with E-state index >= 15 is 0 Å². The fraction of sp³-hybridized carbons (Fsp3) is 0.722. The van der Waals surface area contributed by atoms with Gasteiger partial charge in [-0.25, -0.2) is 4.79 Å². The summed E-state index contributed by atoms with van der Waals surface area (Å²) in [6.45, 7) is 6.83. The van der Waals surface area contributed by atoms with Crippen LogP contribution >= 0.6 is 23.2 Å². The van der Waals surface area contributed by atoms with Gasteiger partial charge in [0.25, 0.3) is 0 Å². The van der Waals surface area contributed by atoms with Crippen molar-refractivity contribution in [2.24, 2.45) is 0 Å². The van der Waals surface area contributed by atoms with Gasteiger partial charge in [-0.15, -0.1) is 10.2 Å². The van der Waals surface area contributed by atoms with Gasteiger partial charge in [-0.05, 0) is 46.5 Å². The third-order valence-electron chi connectivity index (χ3n) is 4.82. The zero-order chi connectivity index (χ0) is 19.6. The van der Waals surface area contributed by atoms with Gasteiger partial charge < -0.3 is 19.7 Å². The van der Waals surface area contributed by atoms with E-state index in [0.717, 1.165) is 25.7 Å². The Hall–Kier alpha value is -1.31. The van der Waals surface area contributed by atoms with Crippen molar-refractivity contribution in [2.75, 3.05) is 13.2 Å². The number of ether oxygens (including phenoxy) is 2. The lowest BCUT2D eigenvalue weighted by Crippen LogP contribution is -2.53. The first-order valence-electron chi connectivity index (χ1n) is 9.29. The van der Waals surface area contributed by atoms with Crippen LogP contribution in [0, 0.1) is 0 Å². The van der Waals surface area contributed by atoms with Crippen LogP contribution in [0.15, 0.2) is 6.07 Å². The molecule has 2 aliphatic heterocycles. The van der Waals surface area contributed by atoms with Crippen LogP contribution in [0.4, 0.5) is 4.79 Å². The molecule has 2 fully saturated rings. The minimum atomic E-state index is -0.463. The van der Waals surface area contributed by atoms with Crippen LogP contribution in [-0.2, 0) is 4.74 Å². The van der Waals surface area contributed by atoms with Crippen molar-refractivity contribution in [3.63, 3.8) is 0 Å². The van der Waals surface area contributed by atoms with Crippen molar-refractivity contribution < 1.29 is 14.3 Å². The first-order chi connectivity index (χ1) is 12.7. The van der Waals surface area contributed by atoms with Crippen molar-refractivity contribution in [2.45, 2.75) is 70.2 Å². The van der Waals surface area contributed by atoms with E-state index in [1.165, 1.54) is 0 Å². The van der Waals surface area contributed by atoms with Crippen molar-refractivity contribution in [1.29, 1.82) is 0 Å². The molecule has 2 atom stereocenters. The predicted molar refractivity (Wildman–Crippen MR) is 103 cm³/mol. The van der Waals surface area contributed by atoms with E-state index in [1.54, 1.807) is 6.07 Å². The van der Waals surface area contributed by atoms with E-state index in [2.05, 4.69) is 15.5 Å². The molecule has 0 saturated carbocycles. The highest BCUT2D eigenvalue weighted by molar-refractivity contribution is 6.32. The van der Waals surface area contributed by atoms with Crippen molar-refractivity contribution in [1.82, 2.24) is 20.4 Å². The third kappa shape index (κ3) is 5.36. The maximum Gasteiger partial charge on any atom is 0.410 e. The number of hydrogen-bond donors (Lipinski definition) is 1. The standard InChI is InChI=1S/C18H26Cl2N4O3/c1-18(2,3)27-17(25)24-12-4-5-13(24)9-11(8-12)21-6-7-26-14-10-15(19)22-23-16(14)20/h10-13,21H,4-9H2,1-3H3. The molecule has 3 heterocycles. The molecule has 2 saturated heterocycles. The third-order valence-corrected chi connectivity index (χ3v) is 5.26. The largest absolute Gasteiger partial charge is 0.489 e. The number of aromatic nitrogens is 2. The summed E-state index contributed by atoms with van der Waals surface area (Å²) in [5.74, 6) is 0.429. The van der Waals surface area contributed by atoms with E-state index < -0.39 is 5.60 Å². The summed E-state index contributed by atoms with van der Waals surface area (Å²) in [7, 11) is 0. The van der Waals surface area contributed by atoms with Crippen molar-refractivity contribution in [3.05, 3.63) is 16.4 Å². The molecular weight excluding hydrogens is 391 g/mol. The lowest BCUT2D eigenvalue weighted by molar-refractivity contribution is 0.00462. The highest BCUT2D eigenvalue weighted by atomic mass is 35.5. The number of carbonyl (C=O) groups excluding carboxylic acids is 1. The number of halogens is 2. The number of rotatable bonds is 5. The Morgan fingerprint density at radius 3 is 2.56 bits per heavy atom. The molecule has 9 heteroatoms. The summed E-state index contributed by atoms with van der Waals surface area (Å²) < 4.78 is 11.2. The summed E-state index contributed by atoms with van der Waals surface area (Å²) in [5.41, 5.74) is -0.463. The van der Waals surface area contributed by atoms with Gasteiger partial charge in [0, 0.05) is 30.7 Å². The highest BCUT2D eigenvalue weighted by Gasteiger charge is 2.44. The number of piperidine rings is 1. The molecule has 0 aliphatic carbocycles. The van der Waals surface area contributed by atoms with Crippen LogP contribution in [0.3, 0.4) is 0 Å². The number of fused-ring (bicyclic) bond motifs is 2. The quantitative estimate of drug-likeness (QED) is 0.737. The molecule has 150 valence electrons. The van der Waals surface area contributed by atoms with Gasteiger partial charge in [-0.2, -0.15) is 0 Å². The predicted octanol–water partition coefficient (Wildman–Crippen LogP) is 3.68. The second-order valence-corrected chi connectivity index (χ2v) is 8.81. The highest BCUT2D eigenvalue weighted by Crippen LogP contribution is 2.36. The molecule has 2 unspecified atom stereocenters. The number of carbonyl (C=O) groups is 1. The van der Waals surface area contributed by atoms with E-state index in [4.69, 9.17) is 32.7 Å². The smallest absolute Gasteiger partial charge is 0.410 e. The van der Waals surface area contributed by atoms with E-state index in [1.807, 2.05) is 25.7 Å². The van der Waals surface area contributed by atoms with Crippen LogP contribution in [0.25, 0.3) is 0 Å². The molecule has 2 aliphatic rings. The van der Waals surface area contributed by atoms with Crippen LogP contribution in [0.2, 0.25) is 10.3 Å². The number of nitrogens with zero attached hydrogens (tertiary/aromatic N) is 3. The lowest BCUT2D eigenvalue weighted by Gasteiger charge is -2.39. The molecule has 0 radical (unpaired) electrons. The maximum atomic E-state index is 12.5. The summed E-state index contributed by atoms with van der Waals surface area (Å²) in [6.07, 6.45) is 3.75. The SMILES string of the molecule is CC(C)(C)OC(=O)N1C2CCC1CC(NCCOc1cc(Cl)nnc1Cl)C2. The van der Waals surface area contributed by atoms with Gasteiger partial charge in [0.15, 0.2) is 16.1 Å². The number of amides is 1. The van der Waals surface area contributed by atoms with Gasteiger partial charge in [0.05, 0.1) is 0 Å².